The third kappa shape index (κ3) is 3.02. The molecule has 2 aromatic rings. The Morgan fingerprint density at radius 2 is 1.74 bits per heavy atom. The van der Waals surface area contributed by atoms with Gasteiger partial charge >= 0.3 is 0 Å². The van der Waals surface area contributed by atoms with Crippen LogP contribution in [0.1, 0.15) is 35.2 Å². The number of nitrogens with one attached hydrogen (secondary N) is 1. The minimum absolute atomic E-state index is 0.0921. The third-order valence-corrected chi connectivity index (χ3v) is 3.35. The summed E-state index contributed by atoms with van der Waals surface area (Å²) in [5, 5.41) is 3.36. The molecule has 0 aliphatic carbocycles. The van der Waals surface area contributed by atoms with Crippen LogP contribution in [0, 0.1) is 19.7 Å². The van der Waals surface area contributed by atoms with Crippen molar-refractivity contribution in [2.45, 2.75) is 26.8 Å². The summed E-state index contributed by atoms with van der Waals surface area (Å²) in [6.07, 6.45) is 0. The highest BCUT2D eigenvalue weighted by molar-refractivity contribution is 5.36. The first kappa shape index (κ1) is 13.8. The van der Waals surface area contributed by atoms with Gasteiger partial charge in [-0.25, -0.2) is 4.39 Å². The van der Waals surface area contributed by atoms with E-state index in [1.165, 1.54) is 5.56 Å². The Labute approximate surface area is 114 Å². The van der Waals surface area contributed by atoms with Gasteiger partial charge in [0.15, 0.2) is 0 Å². The second-order valence-corrected chi connectivity index (χ2v) is 4.88. The average molecular weight is 257 g/mol. The number of benzene rings is 2. The van der Waals surface area contributed by atoms with Crippen LogP contribution in [0.15, 0.2) is 42.5 Å². The zero-order chi connectivity index (χ0) is 13.8. The first-order valence-corrected chi connectivity index (χ1v) is 6.68. The van der Waals surface area contributed by atoms with Gasteiger partial charge in [-0.15, -0.1) is 0 Å². The van der Waals surface area contributed by atoms with Crippen molar-refractivity contribution in [2.75, 3.05) is 6.54 Å². The maximum absolute atomic E-state index is 14.3. The zero-order valence-corrected chi connectivity index (χ0v) is 11.7. The van der Waals surface area contributed by atoms with E-state index in [0.29, 0.717) is 11.1 Å². The van der Waals surface area contributed by atoms with Crippen LogP contribution in [0.3, 0.4) is 0 Å². The smallest absolute Gasteiger partial charge is 0.131 e. The van der Waals surface area contributed by atoms with Gasteiger partial charge in [-0.05, 0) is 31.5 Å². The van der Waals surface area contributed by atoms with Gasteiger partial charge in [0.2, 0.25) is 0 Å². The van der Waals surface area contributed by atoms with Crippen molar-refractivity contribution in [3.63, 3.8) is 0 Å². The molecule has 1 N–H and O–H groups in total. The normalized spacial score (nSPS) is 12.4. The molecule has 2 rings (SSSR count). The number of rotatable bonds is 4. The summed E-state index contributed by atoms with van der Waals surface area (Å²) in [4.78, 5) is 0. The summed E-state index contributed by atoms with van der Waals surface area (Å²) >= 11 is 0. The van der Waals surface area contributed by atoms with E-state index in [4.69, 9.17) is 0 Å². The molecule has 1 nitrogen and oxygen atoms in total. The largest absolute Gasteiger partial charge is 0.306 e. The molecule has 0 aliphatic heterocycles. The van der Waals surface area contributed by atoms with Crippen LogP contribution in [0.25, 0.3) is 0 Å². The van der Waals surface area contributed by atoms with E-state index >= 15 is 0 Å². The minimum Gasteiger partial charge on any atom is -0.306 e. The third-order valence-electron chi connectivity index (χ3n) is 3.35. The molecule has 1 unspecified atom stereocenters. The van der Waals surface area contributed by atoms with Gasteiger partial charge in [0.1, 0.15) is 5.82 Å². The van der Waals surface area contributed by atoms with E-state index in [9.17, 15) is 4.39 Å². The number of hydrogen-bond donors (Lipinski definition) is 1. The number of hydrogen-bond acceptors (Lipinski definition) is 1. The Hall–Kier alpha value is -1.67. The molecule has 0 amide bonds. The lowest BCUT2D eigenvalue weighted by Crippen LogP contribution is -2.23. The molecule has 0 aromatic heterocycles. The standard InChI is InChI=1S/C17H20FN/c1-4-19-17(14-10-8-12(2)9-11-14)15-7-5-6-13(3)16(15)18/h5-11,17,19H,4H2,1-3H3. The predicted octanol–water partition coefficient (Wildman–Crippen LogP) is 4.14. The van der Waals surface area contributed by atoms with Crippen LogP contribution < -0.4 is 5.32 Å². The van der Waals surface area contributed by atoms with Crippen molar-refractivity contribution in [3.05, 3.63) is 70.5 Å². The van der Waals surface area contributed by atoms with E-state index in [1.54, 1.807) is 13.0 Å². The number of aryl methyl sites for hydroxylation is 2. The first-order valence-electron chi connectivity index (χ1n) is 6.68. The second-order valence-electron chi connectivity index (χ2n) is 4.88. The lowest BCUT2D eigenvalue weighted by molar-refractivity contribution is 0.553. The molecule has 100 valence electrons. The van der Waals surface area contributed by atoms with Crippen LogP contribution in [0.2, 0.25) is 0 Å². The fourth-order valence-electron chi connectivity index (χ4n) is 2.26. The van der Waals surface area contributed by atoms with Crippen molar-refractivity contribution in [2.24, 2.45) is 0 Å². The summed E-state index contributed by atoms with van der Waals surface area (Å²) in [5.41, 5.74) is 3.71. The van der Waals surface area contributed by atoms with Crippen LogP contribution >= 0.6 is 0 Å². The Balaban J connectivity index is 2.45. The molecule has 0 bridgehead atoms. The Bertz CT molecular complexity index is 546. The van der Waals surface area contributed by atoms with Gasteiger partial charge in [0.05, 0.1) is 6.04 Å². The Morgan fingerprint density at radius 3 is 2.37 bits per heavy atom. The maximum Gasteiger partial charge on any atom is 0.131 e. The molecular weight excluding hydrogens is 237 g/mol. The highest BCUT2D eigenvalue weighted by Gasteiger charge is 2.17. The average Bonchev–Trinajstić information content (AvgIpc) is 2.41. The molecule has 0 saturated heterocycles. The molecule has 0 heterocycles. The van der Waals surface area contributed by atoms with Crippen LogP contribution in [0.5, 0.6) is 0 Å². The first-order chi connectivity index (χ1) is 9.13. The molecular formula is C17H20FN. The fraction of sp³-hybridized carbons (Fsp3) is 0.294. The molecule has 0 saturated carbocycles. The van der Waals surface area contributed by atoms with Crippen LogP contribution in [-0.2, 0) is 0 Å². The molecule has 2 heteroatoms. The van der Waals surface area contributed by atoms with Crippen LogP contribution in [0.4, 0.5) is 4.39 Å². The fourth-order valence-corrected chi connectivity index (χ4v) is 2.26. The second kappa shape index (κ2) is 5.98. The lowest BCUT2D eigenvalue weighted by atomic mass is 9.96. The summed E-state index contributed by atoms with van der Waals surface area (Å²) < 4.78 is 14.3. The van der Waals surface area contributed by atoms with Crippen molar-refractivity contribution in [3.8, 4) is 0 Å². The van der Waals surface area contributed by atoms with E-state index in [2.05, 4.69) is 36.5 Å². The van der Waals surface area contributed by atoms with Gasteiger partial charge in [-0.2, -0.15) is 0 Å². The topological polar surface area (TPSA) is 12.0 Å². The van der Waals surface area contributed by atoms with Crippen LogP contribution in [-0.4, -0.2) is 6.54 Å². The molecule has 0 aliphatic rings. The van der Waals surface area contributed by atoms with E-state index in [-0.39, 0.29) is 11.9 Å². The quantitative estimate of drug-likeness (QED) is 0.868. The van der Waals surface area contributed by atoms with Gasteiger partial charge in [0, 0.05) is 5.56 Å². The van der Waals surface area contributed by atoms with Gasteiger partial charge in [-0.1, -0.05) is 55.0 Å². The van der Waals surface area contributed by atoms with Crippen molar-refractivity contribution in [1.82, 2.24) is 5.32 Å². The van der Waals surface area contributed by atoms with Crippen molar-refractivity contribution >= 4 is 0 Å². The molecule has 0 fully saturated rings. The zero-order valence-electron chi connectivity index (χ0n) is 11.7. The van der Waals surface area contributed by atoms with Gasteiger partial charge in [0.25, 0.3) is 0 Å². The lowest BCUT2D eigenvalue weighted by Gasteiger charge is -2.20. The molecule has 2 aromatic carbocycles. The Morgan fingerprint density at radius 1 is 1.05 bits per heavy atom. The maximum atomic E-state index is 14.3. The highest BCUT2D eigenvalue weighted by Crippen LogP contribution is 2.26. The SMILES string of the molecule is CCNC(c1ccc(C)cc1)c1cccc(C)c1F. The highest BCUT2D eigenvalue weighted by atomic mass is 19.1. The van der Waals surface area contributed by atoms with E-state index in [0.717, 1.165) is 12.1 Å². The Kier molecular flexibility index (Phi) is 4.33. The molecule has 1 atom stereocenters. The van der Waals surface area contributed by atoms with Gasteiger partial charge < -0.3 is 5.32 Å². The summed E-state index contributed by atoms with van der Waals surface area (Å²) in [5.74, 6) is -0.117. The predicted molar refractivity (Wildman–Crippen MR) is 77.8 cm³/mol. The summed E-state index contributed by atoms with van der Waals surface area (Å²) in [7, 11) is 0. The van der Waals surface area contributed by atoms with E-state index in [1.807, 2.05) is 19.1 Å². The monoisotopic (exact) mass is 257 g/mol. The number of halogens is 1. The van der Waals surface area contributed by atoms with Crippen molar-refractivity contribution in [1.29, 1.82) is 0 Å². The molecule has 0 spiro atoms. The summed E-state index contributed by atoms with van der Waals surface area (Å²) in [6.45, 7) is 6.69. The molecule has 0 radical (unpaired) electrons. The van der Waals surface area contributed by atoms with E-state index < -0.39 is 0 Å². The minimum atomic E-state index is -0.117. The van der Waals surface area contributed by atoms with Gasteiger partial charge in [-0.3, -0.25) is 0 Å². The van der Waals surface area contributed by atoms with Crippen molar-refractivity contribution < 1.29 is 4.39 Å². The summed E-state index contributed by atoms with van der Waals surface area (Å²) in [6, 6.07) is 13.7. The molecule has 19 heavy (non-hydrogen) atoms.